The summed E-state index contributed by atoms with van der Waals surface area (Å²) < 4.78 is 2.52. The van der Waals surface area contributed by atoms with Gasteiger partial charge in [-0.3, -0.25) is 0 Å². The molecule has 0 saturated carbocycles. The van der Waals surface area contributed by atoms with E-state index in [4.69, 9.17) is 0 Å². The van der Waals surface area contributed by atoms with Gasteiger partial charge in [0.1, 0.15) is 0 Å². The first-order chi connectivity index (χ1) is 41.6. The fourth-order valence-electron chi connectivity index (χ4n) is 15.6. The van der Waals surface area contributed by atoms with Gasteiger partial charge in [-0.2, -0.15) is 0 Å². The number of para-hydroxylation sites is 2. The lowest BCUT2D eigenvalue weighted by Gasteiger charge is -2.44. The molecule has 0 unspecified atom stereocenters. The Kier molecular flexibility index (Phi) is 11.7. The van der Waals surface area contributed by atoms with Gasteiger partial charge in [-0.1, -0.05) is 237 Å². The predicted molar refractivity (Wildman–Crippen MR) is 367 cm³/mol. The molecule has 1 aromatic heterocycles. The third-order valence-electron chi connectivity index (χ3n) is 20.7. The zero-order valence-electron chi connectivity index (χ0n) is 50.8. The molecule has 4 aliphatic rings. The van der Waals surface area contributed by atoms with E-state index >= 15 is 0 Å². The summed E-state index contributed by atoms with van der Waals surface area (Å²) in [6.07, 6.45) is 4.76. The highest BCUT2D eigenvalue weighted by atomic mass is 15.2. The number of rotatable bonds is 7. The summed E-state index contributed by atoms with van der Waals surface area (Å²) >= 11 is 0. The highest BCUT2D eigenvalue weighted by Crippen LogP contribution is 2.51. The highest BCUT2D eigenvalue weighted by Gasteiger charge is 2.45. The van der Waals surface area contributed by atoms with Crippen LogP contribution in [-0.2, 0) is 21.7 Å². The smallest absolute Gasteiger partial charge is 0.252 e. The molecular weight excluding hydrogens is 1040 g/mol. The summed E-state index contributed by atoms with van der Waals surface area (Å²) in [5, 5.41) is 2.48. The summed E-state index contributed by atoms with van der Waals surface area (Å²) in [7, 11) is 0. The molecule has 3 heterocycles. The van der Waals surface area contributed by atoms with E-state index in [2.05, 4.69) is 312 Å². The molecule has 0 radical (unpaired) electrons. The fourth-order valence-corrected chi connectivity index (χ4v) is 15.6. The third kappa shape index (κ3) is 8.23. The molecule has 418 valence electrons. The zero-order chi connectivity index (χ0) is 58.4. The zero-order valence-corrected chi connectivity index (χ0v) is 50.8. The first kappa shape index (κ1) is 52.4. The number of hydrogen-bond donors (Lipinski definition) is 0. The number of benzene rings is 11. The maximum Gasteiger partial charge on any atom is 0.252 e. The van der Waals surface area contributed by atoms with Gasteiger partial charge in [-0.25, -0.2) is 0 Å². The third-order valence-corrected chi connectivity index (χ3v) is 20.7. The van der Waals surface area contributed by atoms with Crippen LogP contribution in [0.1, 0.15) is 103 Å². The summed E-state index contributed by atoms with van der Waals surface area (Å²) in [6, 6.07) is 92.8. The molecule has 0 fully saturated rings. The van der Waals surface area contributed by atoms with Crippen molar-refractivity contribution in [3.63, 3.8) is 0 Å². The Balaban J connectivity index is 0.952. The van der Waals surface area contributed by atoms with E-state index in [1.807, 2.05) is 0 Å². The van der Waals surface area contributed by atoms with Gasteiger partial charge in [0.15, 0.2) is 0 Å². The van der Waals surface area contributed by atoms with Gasteiger partial charge < -0.3 is 14.4 Å². The monoisotopic (exact) mass is 1110 g/mol. The Morgan fingerprint density at radius 1 is 0.279 bits per heavy atom. The summed E-state index contributed by atoms with van der Waals surface area (Å²) in [6.45, 7) is 19.3. The van der Waals surface area contributed by atoms with Crippen LogP contribution in [-0.4, -0.2) is 11.3 Å². The van der Waals surface area contributed by atoms with Crippen LogP contribution in [0.2, 0.25) is 0 Å². The van der Waals surface area contributed by atoms with E-state index in [-0.39, 0.29) is 28.4 Å². The Bertz CT molecular complexity index is 4400. The van der Waals surface area contributed by atoms with E-state index in [1.165, 1.54) is 153 Å². The topological polar surface area (TPSA) is 11.4 Å². The summed E-state index contributed by atoms with van der Waals surface area (Å²) in [4.78, 5) is 5.19. The van der Waals surface area contributed by atoms with Crippen LogP contribution >= 0.6 is 0 Å². The minimum absolute atomic E-state index is 0.0795. The maximum absolute atomic E-state index is 2.60. The lowest BCUT2D eigenvalue weighted by Crippen LogP contribution is -2.61. The molecule has 0 amide bonds. The maximum atomic E-state index is 2.60. The van der Waals surface area contributed by atoms with E-state index in [0.717, 1.165) is 17.1 Å². The molecule has 3 nitrogen and oxygen atoms in total. The molecule has 4 heteroatoms. The molecule has 2 aliphatic carbocycles. The Labute approximate surface area is 508 Å². The van der Waals surface area contributed by atoms with Gasteiger partial charge in [0, 0.05) is 44.9 Å². The first-order valence-electron chi connectivity index (χ1n) is 31.3. The van der Waals surface area contributed by atoms with Crippen LogP contribution in [0.15, 0.2) is 243 Å². The molecule has 0 spiro atoms. The van der Waals surface area contributed by atoms with Crippen molar-refractivity contribution >= 4 is 79.0 Å². The second kappa shape index (κ2) is 19.2. The molecule has 16 rings (SSSR count). The average molecular weight is 1110 g/mol. The van der Waals surface area contributed by atoms with Crippen molar-refractivity contribution in [1.82, 2.24) is 4.57 Å². The second-order valence-electron chi connectivity index (χ2n) is 27.8. The molecule has 0 saturated heterocycles. The van der Waals surface area contributed by atoms with Crippen molar-refractivity contribution in [2.24, 2.45) is 0 Å². The van der Waals surface area contributed by atoms with Crippen molar-refractivity contribution in [3.8, 4) is 50.2 Å². The fraction of sp³-hybridized carbons (Fsp3) is 0.195. The summed E-state index contributed by atoms with van der Waals surface area (Å²) in [5.74, 6) is 0. The Hall–Kier alpha value is -9.12. The molecule has 0 atom stereocenters. The second-order valence-corrected chi connectivity index (χ2v) is 27.8. The van der Waals surface area contributed by atoms with Gasteiger partial charge in [-0.15, -0.1) is 0 Å². The standard InChI is InChI=1S/C82H72BN3/c1-79(2)43-45-81(5,6)68-47-57(31-39-66(68)79)55-27-35-61(36-28-55)84-74-49-59(53-19-11-9-12-20-53)33-41-70(74)83-71-42-34-60(54-21-13-10-14-22-54)50-75(71)85(62-37-29-56(30-38-62)58-32-40-67-69(48-58)82(7,8)46-44-80(67,3)4)77-52-63(51-76(84)78(77)83)86-72-25-17-15-23-64(72)65-24-16-18-26-73(65)86/h9-42,47-52H,43-46H2,1-8H3. The molecule has 0 N–H and O–H groups in total. The first-order valence-corrected chi connectivity index (χ1v) is 31.3. The number of anilines is 6. The molecule has 0 bridgehead atoms. The van der Waals surface area contributed by atoms with Crippen molar-refractivity contribution in [1.29, 1.82) is 0 Å². The largest absolute Gasteiger partial charge is 0.311 e. The van der Waals surface area contributed by atoms with Crippen LogP contribution in [0.3, 0.4) is 0 Å². The van der Waals surface area contributed by atoms with Gasteiger partial charge in [-0.05, 0) is 191 Å². The van der Waals surface area contributed by atoms with Crippen molar-refractivity contribution in [2.45, 2.75) is 103 Å². The summed E-state index contributed by atoms with van der Waals surface area (Å²) in [5.41, 5.74) is 30.5. The van der Waals surface area contributed by atoms with Gasteiger partial charge in [0.25, 0.3) is 6.71 Å². The van der Waals surface area contributed by atoms with E-state index in [9.17, 15) is 0 Å². The number of aromatic nitrogens is 1. The van der Waals surface area contributed by atoms with E-state index in [0.29, 0.717) is 0 Å². The molecule has 86 heavy (non-hydrogen) atoms. The number of fused-ring (bicyclic) bond motifs is 9. The van der Waals surface area contributed by atoms with Crippen molar-refractivity contribution in [2.75, 3.05) is 9.80 Å². The van der Waals surface area contributed by atoms with E-state index in [1.54, 1.807) is 0 Å². The molecular formula is C82H72BN3. The van der Waals surface area contributed by atoms with Crippen LogP contribution in [0.5, 0.6) is 0 Å². The van der Waals surface area contributed by atoms with Crippen LogP contribution in [0.4, 0.5) is 34.1 Å². The SMILES string of the molecule is CC1(C)CCC(C)(C)c2cc(-c3ccc(N4c5cc(-c6ccccc6)ccc5B5c6ccc(-c7ccccc7)cc6N(c6ccc(-c7ccc8c(c7)C(C)(C)CCC8(C)C)cc6)c6cc(-n7c8ccccc8c8ccccc87)cc4c65)cc3)ccc21. The molecule has 2 aliphatic heterocycles. The molecule has 11 aromatic carbocycles. The lowest BCUT2D eigenvalue weighted by atomic mass is 9.33. The number of hydrogen-bond acceptors (Lipinski definition) is 2. The van der Waals surface area contributed by atoms with Crippen molar-refractivity contribution in [3.05, 3.63) is 265 Å². The van der Waals surface area contributed by atoms with Gasteiger partial charge >= 0.3 is 0 Å². The predicted octanol–water partition coefficient (Wildman–Crippen LogP) is 20.2. The van der Waals surface area contributed by atoms with Crippen LogP contribution in [0.25, 0.3) is 72.0 Å². The minimum atomic E-state index is -0.0795. The van der Waals surface area contributed by atoms with E-state index < -0.39 is 0 Å². The normalized spacial score (nSPS) is 16.5. The Morgan fingerprint density at radius 3 is 1.03 bits per heavy atom. The van der Waals surface area contributed by atoms with Crippen LogP contribution in [0, 0.1) is 0 Å². The highest BCUT2D eigenvalue weighted by molar-refractivity contribution is 7.00. The number of nitrogens with zero attached hydrogens (tertiary/aromatic N) is 3. The lowest BCUT2D eigenvalue weighted by molar-refractivity contribution is 0.332. The van der Waals surface area contributed by atoms with Crippen LogP contribution < -0.4 is 26.2 Å². The van der Waals surface area contributed by atoms with Crippen molar-refractivity contribution < 1.29 is 0 Å². The quantitative estimate of drug-likeness (QED) is 0.147. The van der Waals surface area contributed by atoms with Gasteiger partial charge in [0.2, 0.25) is 0 Å². The minimum Gasteiger partial charge on any atom is -0.311 e. The Morgan fingerprint density at radius 2 is 0.616 bits per heavy atom. The molecule has 12 aromatic rings. The van der Waals surface area contributed by atoms with Gasteiger partial charge in [0.05, 0.1) is 16.7 Å². The average Bonchev–Trinajstić information content (AvgIpc) is 0.844.